The van der Waals surface area contributed by atoms with Crippen molar-refractivity contribution < 1.29 is 28.1 Å². The lowest BCUT2D eigenvalue weighted by Gasteiger charge is -2.29. The number of aliphatic hydroxyl groups is 1. The van der Waals surface area contributed by atoms with Crippen molar-refractivity contribution in [2.75, 3.05) is 26.3 Å². The molecular formula is C29H37F2N3O4. The fourth-order valence-electron chi connectivity index (χ4n) is 4.43. The zero-order chi connectivity index (χ0) is 27.3. The predicted octanol–water partition coefficient (Wildman–Crippen LogP) is 5.41. The van der Waals surface area contributed by atoms with Gasteiger partial charge in [-0.15, -0.1) is 0 Å². The Bertz CT molecular complexity index is 1190. The Morgan fingerprint density at radius 2 is 1.95 bits per heavy atom. The Morgan fingerprint density at radius 3 is 2.61 bits per heavy atom. The van der Waals surface area contributed by atoms with E-state index in [0.717, 1.165) is 42.8 Å². The molecular weight excluding hydrogens is 492 g/mol. The normalized spacial score (nSPS) is 16.8. The van der Waals surface area contributed by atoms with Gasteiger partial charge in [-0.1, -0.05) is 18.2 Å². The van der Waals surface area contributed by atoms with Gasteiger partial charge in [0, 0.05) is 32.3 Å². The van der Waals surface area contributed by atoms with Crippen LogP contribution in [0.4, 0.5) is 8.78 Å². The molecule has 2 heterocycles. The molecule has 9 heteroatoms. The minimum absolute atomic E-state index is 0.0501. The molecule has 1 saturated heterocycles. The van der Waals surface area contributed by atoms with Crippen LogP contribution in [-0.4, -0.2) is 63.9 Å². The molecule has 0 saturated carbocycles. The highest BCUT2D eigenvalue weighted by Crippen LogP contribution is 2.33. The van der Waals surface area contributed by atoms with Crippen molar-refractivity contribution in [3.8, 4) is 17.3 Å². The van der Waals surface area contributed by atoms with Gasteiger partial charge >= 0.3 is 0 Å². The van der Waals surface area contributed by atoms with Crippen molar-refractivity contribution in [1.29, 1.82) is 0 Å². The number of ether oxygens (including phenoxy) is 3. The SMILES string of the molecule is Cc1nn(-c2ccccc2)c(Oc2ccc(F)cc2F)c1CN(C[C@H](O)COC(C)(C)C)C[C@H]1CCCO1. The lowest BCUT2D eigenvalue weighted by atomic mass is 10.1. The van der Waals surface area contributed by atoms with Crippen LogP contribution in [0.1, 0.15) is 44.9 Å². The summed E-state index contributed by atoms with van der Waals surface area (Å²) in [6, 6.07) is 12.6. The summed E-state index contributed by atoms with van der Waals surface area (Å²) < 4.78 is 47.6. The number of nitrogens with zero attached hydrogens (tertiary/aromatic N) is 3. The van der Waals surface area contributed by atoms with Crippen LogP contribution in [0.25, 0.3) is 5.69 Å². The van der Waals surface area contributed by atoms with Gasteiger partial charge in [0.25, 0.3) is 0 Å². The van der Waals surface area contributed by atoms with Gasteiger partial charge in [0.2, 0.25) is 5.88 Å². The fourth-order valence-corrected chi connectivity index (χ4v) is 4.43. The second kappa shape index (κ2) is 12.3. The average Bonchev–Trinajstić information content (AvgIpc) is 3.48. The molecule has 3 aromatic rings. The van der Waals surface area contributed by atoms with Crippen LogP contribution in [0, 0.1) is 18.6 Å². The van der Waals surface area contributed by atoms with Crippen LogP contribution in [0.15, 0.2) is 48.5 Å². The van der Waals surface area contributed by atoms with Gasteiger partial charge in [-0.05, 0) is 64.8 Å². The number of para-hydroxylation sites is 1. The van der Waals surface area contributed by atoms with Crippen molar-refractivity contribution in [1.82, 2.24) is 14.7 Å². The van der Waals surface area contributed by atoms with Crippen LogP contribution >= 0.6 is 0 Å². The molecule has 0 spiro atoms. The molecule has 0 aliphatic carbocycles. The predicted molar refractivity (Wildman–Crippen MR) is 141 cm³/mol. The molecule has 1 N–H and O–H groups in total. The molecule has 1 aliphatic rings. The van der Waals surface area contributed by atoms with Crippen LogP contribution in [0.5, 0.6) is 11.6 Å². The van der Waals surface area contributed by atoms with Crippen molar-refractivity contribution in [3.05, 3.63) is 71.4 Å². The van der Waals surface area contributed by atoms with Gasteiger partial charge in [0.1, 0.15) is 5.82 Å². The molecule has 0 amide bonds. The first-order valence-electron chi connectivity index (χ1n) is 13.0. The molecule has 38 heavy (non-hydrogen) atoms. The van der Waals surface area contributed by atoms with Crippen molar-refractivity contribution >= 4 is 0 Å². The summed E-state index contributed by atoms with van der Waals surface area (Å²) in [5.41, 5.74) is 1.81. The smallest absolute Gasteiger partial charge is 0.227 e. The quantitative estimate of drug-likeness (QED) is 0.358. The molecule has 2 atom stereocenters. The third-order valence-corrected chi connectivity index (χ3v) is 6.28. The molecule has 0 radical (unpaired) electrons. The molecule has 4 rings (SSSR count). The van der Waals surface area contributed by atoms with Gasteiger partial charge < -0.3 is 19.3 Å². The Labute approximate surface area is 222 Å². The van der Waals surface area contributed by atoms with E-state index in [-0.39, 0.29) is 24.1 Å². The summed E-state index contributed by atoms with van der Waals surface area (Å²) in [4.78, 5) is 2.10. The Balaban J connectivity index is 1.66. The van der Waals surface area contributed by atoms with Crippen molar-refractivity contribution in [2.24, 2.45) is 0 Å². The second-order valence-corrected chi connectivity index (χ2v) is 10.7. The number of benzene rings is 2. The van der Waals surface area contributed by atoms with E-state index in [1.165, 1.54) is 6.07 Å². The number of hydrogen-bond acceptors (Lipinski definition) is 6. The van der Waals surface area contributed by atoms with E-state index in [4.69, 9.17) is 19.3 Å². The molecule has 206 valence electrons. The zero-order valence-corrected chi connectivity index (χ0v) is 22.5. The summed E-state index contributed by atoms with van der Waals surface area (Å²) >= 11 is 0. The van der Waals surface area contributed by atoms with Gasteiger partial charge in [-0.2, -0.15) is 5.10 Å². The summed E-state index contributed by atoms with van der Waals surface area (Å²) in [6.45, 7) is 9.95. The topological polar surface area (TPSA) is 69.0 Å². The van der Waals surface area contributed by atoms with E-state index in [1.54, 1.807) is 4.68 Å². The minimum atomic E-state index is -0.805. The van der Waals surface area contributed by atoms with E-state index in [9.17, 15) is 13.9 Å². The third kappa shape index (κ3) is 7.60. The largest absolute Gasteiger partial charge is 0.435 e. The van der Waals surface area contributed by atoms with Gasteiger partial charge in [0.05, 0.1) is 41.4 Å². The number of halogens is 2. The first kappa shape index (κ1) is 28.2. The number of aliphatic hydroxyl groups excluding tert-OH is 1. The summed E-state index contributed by atoms with van der Waals surface area (Å²) in [7, 11) is 0. The Hall–Kier alpha value is -2.85. The van der Waals surface area contributed by atoms with Crippen molar-refractivity contribution in [2.45, 2.75) is 64.9 Å². The maximum absolute atomic E-state index is 14.6. The highest BCUT2D eigenvalue weighted by Gasteiger charge is 2.27. The monoisotopic (exact) mass is 529 g/mol. The minimum Gasteiger partial charge on any atom is -0.435 e. The lowest BCUT2D eigenvalue weighted by molar-refractivity contribution is -0.0594. The van der Waals surface area contributed by atoms with Gasteiger partial charge in [-0.25, -0.2) is 13.5 Å². The van der Waals surface area contributed by atoms with E-state index in [2.05, 4.69) is 4.90 Å². The van der Waals surface area contributed by atoms with E-state index in [0.29, 0.717) is 31.2 Å². The van der Waals surface area contributed by atoms with E-state index < -0.39 is 17.7 Å². The molecule has 0 bridgehead atoms. The van der Waals surface area contributed by atoms with Crippen LogP contribution in [0.3, 0.4) is 0 Å². The van der Waals surface area contributed by atoms with Gasteiger partial charge in [0.15, 0.2) is 11.6 Å². The Kier molecular flexibility index (Phi) is 9.15. The zero-order valence-electron chi connectivity index (χ0n) is 22.5. The van der Waals surface area contributed by atoms with Crippen molar-refractivity contribution in [3.63, 3.8) is 0 Å². The molecule has 7 nitrogen and oxygen atoms in total. The lowest BCUT2D eigenvalue weighted by Crippen LogP contribution is -2.40. The maximum atomic E-state index is 14.6. The number of aromatic nitrogens is 2. The average molecular weight is 530 g/mol. The van der Waals surface area contributed by atoms with Crippen LogP contribution in [-0.2, 0) is 16.0 Å². The second-order valence-electron chi connectivity index (χ2n) is 10.7. The first-order chi connectivity index (χ1) is 18.1. The fraction of sp³-hybridized carbons (Fsp3) is 0.483. The maximum Gasteiger partial charge on any atom is 0.227 e. The van der Waals surface area contributed by atoms with Crippen LogP contribution < -0.4 is 4.74 Å². The first-order valence-corrected chi connectivity index (χ1v) is 13.0. The van der Waals surface area contributed by atoms with Gasteiger partial charge in [-0.3, -0.25) is 4.90 Å². The van der Waals surface area contributed by atoms with Crippen LogP contribution in [0.2, 0.25) is 0 Å². The molecule has 1 aromatic heterocycles. The third-order valence-electron chi connectivity index (χ3n) is 6.28. The summed E-state index contributed by atoms with van der Waals surface area (Å²) in [6.07, 6.45) is 1.27. The molecule has 2 aromatic carbocycles. The molecule has 1 aliphatic heterocycles. The van der Waals surface area contributed by atoms with E-state index >= 15 is 0 Å². The number of rotatable bonds is 11. The Morgan fingerprint density at radius 1 is 1.18 bits per heavy atom. The summed E-state index contributed by atoms with van der Waals surface area (Å²) in [5, 5.41) is 15.5. The molecule has 1 fully saturated rings. The number of hydrogen-bond donors (Lipinski definition) is 1. The van der Waals surface area contributed by atoms with E-state index in [1.807, 2.05) is 58.0 Å². The summed E-state index contributed by atoms with van der Waals surface area (Å²) in [5.74, 6) is -1.26. The molecule has 0 unspecified atom stereocenters. The highest BCUT2D eigenvalue weighted by atomic mass is 19.1. The highest BCUT2D eigenvalue weighted by molar-refractivity contribution is 5.43. The number of aryl methyl sites for hydroxylation is 1. The standard InChI is InChI=1S/C29H37F2N3O4/c1-20-25(18-33(17-24-11-8-14-36-24)16-23(35)19-37-29(2,3)4)28(34(32-20)22-9-6-5-7-10-22)38-27-13-12-21(30)15-26(27)31/h5-7,9-10,12-13,15,23-24,35H,8,11,14,16-19H2,1-4H3/t23-,24+/m0/s1.